The minimum Gasteiger partial charge on any atom is -0.462 e. The van der Waals surface area contributed by atoms with Crippen molar-refractivity contribution in [3.05, 3.63) is 53.9 Å². The molecule has 4 bridgehead atoms. The summed E-state index contributed by atoms with van der Waals surface area (Å²) in [6.07, 6.45) is 1.47. The first-order chi connectivity index (χ1) is 18.8. The second kappa shape index (κ2) is 8.81. The highest BCUT2D eigenvalue weighted by molar-refractivity contribution is 6.05. The average molecular weight is 555 g/mol. The van der Waals surface area contributed by atoms with Crippen molar-refractivity contribution in [2.45, 2.75) is 70.6 Å². The lowest BCUT2D eigenvalue weighted by Gasteiger charge is -2.74. The number of aliphatic hydroxyl groups is 2. The normalized spacial score (nSPS) is 42.9. The summed E-state index contributed by atoms with van der Waals surface area (Å²) in [4.78, 5) is 39.7. The van der Waals surface area contributed by atoms with Crippen LogP contribution in [0.5, 0.6) is 0 Å². The van der Waals surface area contributed by atoms with Gasteiger partial charge in [-0.1, -0.05) is 32.6 Å². The standard InChI is InChI=1S/C31H35FO8/c1-16-20-10-11-21-29-15-38-31(37,26(36)24(29)28(3,4)14-13-22(29)39-17(2)33)30(21,25(16)35)27(20)40-23(34)12-7-18-5-8-19(32)9-6-18/h5-9,12,20-22,24,26-27,36-37H,1,10-11,13-15H2,2-4H3/b12-7+/t20-,21?,22-,24+,26-,27+,29+,30-,31-/m0/s1. The molecular weight excluding hydrogens is 519 g/mol. The minimum absolute atomic E-state index is 0.00538. The van der Waals surface area contributed by atoms with Crippen LogP contribution in [-0.2, 0) is 28.6 Å². The Balaban J connectivity index is 1.46. The molecule has 0 amide bonds. The van der Waals surface area contributed by atoms with Crippen LogP contribution in [0, 0.1) is 39.8 Å². The van der Waals surface area contributed by atoms with Crippen LogP contribution in [0.15, 0.2) is 42.5 Å². The molecular formula is C31H35FO8. The number of carbonyl (C=O) groups excluding carboxylic acids is 3. The number of carbonyl (C=O) groups is 3. The molecule has 4 saturated carbocycles. The summed E-state index contributed by atoms with van der Waals surface area (Å²) >= 11 is 0. The molecule has 9 heteroatoms. The molecule has 2 N–H and O–H groups in total. The zero-order valence-electron chi connectivity index (χ0n) is 22.9. The van der Waals surface area contributed by atoms with Gasteiger partial charge in [0, 0.05) is 30.3 Å². The summed E-state index contributed by atoms with van der Waals surface area (Å²) in [5, 5.41) is 24.3. The van der Waals surface area contributed by atoms with Gasteiger partial charge in [-0.15, -0.1) is 0 Å². The lowest BCUT2D eigenvalue weighted by Crippen LogP contribution is -2.86. The summed E-state index contributed by atoms with van der Waals surface area (Å²) in [7, 11) is 0. The van der Waals surface area contributed by atoms with Gasteiger partial charge in [0.1, 0.15) is 29.5 Å². The van der Waals surface area contributed by atoms with Gasteiger partial charge in [-0.3, -0.25) is 9.59 Å². The van der Waals surface area contributed by atoms with Crippen LogP contribution in [0.4, 0.5) is 4.39 Å². The van der Waals surface area contributed by atoms with Gasteiger partial charge in [0.05, 0.1) is 6.61 Å². The van der Waals surface area contributed by atoms with Crippen molar-refractivity contribution in [1.29, 1.82) is 0 Å². The van der Waals surface area contributed by atoms with Gasteiger partial charge >= 0.3 is 11.9 Å². The largest absolute Gasteiger partial charge is 0.462 e. The molecule has 6 fully saturated rings. The van der Waals surface area contributed by atoms with Gasteiger partial charge in [-0.25, -0.2) is 9.18 Å². The first-order valence-corrected chi connectivity index (χ1v) is 13.9. The van der Waals surface area contributed by atoms with Crippen molar-refractivity contribution in [2.75, 3.05) is 6.61 Å². The van der Waals surface area contributed by atoms with Crippen LogP contribution in [0.1, 0.15) is 52.0 Å². The molecule has 0 radical (unpaired) electrons. The second-order valence-corrected chi connectivity index (χ2v) is 12.8. The number of hydrogen-bond donors (Lipinski definition) is 2. The zero-order valence-corrected chi connectivity index (χ0v) is 22.9. The maximum Gasteiger partial charge on any atom is 0.331 e. The summed E-state index contributed by atoms with van der Waals surface area (Å²) in [5.41, 5.74) is -2.46. The number of fused-ring (bicyclic) bond motifs is 2. The van der Waals surface area contributed by atoms with Gasteiger partial charge in [-0.05, 0) is 66.4 Å². The second-order valence-electron chi connectivity index (χ2n) is 12.8. The highest BCUT2D eigenvalue weighted by Crippen LogP contribution is 2.77. The van der Waals surface area contributed by atoms with Crippen LogP contribution < -0.4 is 0 Å². The van der Waals surface area contributed by atoms with Gasteiger partial charge in [-0.2, -0.15) is 0 Å². The van der Waals surface area contributed by atoms with Gasteiger partial charge < -0.3 is 24.4 Å². The molecule has 8 nitrogen and oxygen atoms in total. The molecule has 40 heavy (non-hydrogen) atoms. The SMILES string of the molecule is C=C1C(=O)[C@@]23C(CC[C@@H]1[C@H]2OC(=O)/C=C/c1ccc(F)cc1)[C@@]12CO[C@@]3(O)[C@@H](O)[C@@H]1C(C)(C)CC[C@@H]2OC(C)=O. The molecule has 1 aromatic carbocycles. The molecule has 6 aliphatic rings. The topological polar surface area (TPSA) is 119 Å². The summed E-state index contributed by atoms with van der Waals surface area (Å²) in [5.74, 6) is -6.16. The van der Waals surface area contributed by atoms with Crippen molar-refractivity contribution >= 4 is 23.8 Å². The Kier molecular flexibility index (Phi) is 6.01. The van der Waals surface area contributed by atoms with E-state index in [1.54, 1.807) is 0 Å². The highest BCUT2D eigenvalue weighted by atomic mass is 19.1. The Morgan fingerprint density at radius 1 is 1.15 bits per heavy atom. The van der Waals surface area contributed by atoms with Crippen molar-refractivity contribution in [2.24, 2.45) is 34.0 Å². The molecule has 2 aliphatic heterocycles. The van der Waals surface area contributed by atoms with Crippen molar-refractivity contribution in [1.82, 2.24) is 0 Å². The molecule has 9 atom stereocenters. The molecule has 214 valence electrons. The fourth-order valence-corrected chi connectivity index (χ4v) is 9.29. The van der Waals surface area contributed by atoms with Crippen molar-refractivity contribution in [3.8, 4) is 0 Å². The third-order valence-electron chi connectivity index (χ3n) is 10.7. The zero-order chi connectivity index (χ0) is 28.8. The van der Waals surface area contributed by atoms with Crippen LogP contribution >= 0.6 is 0 Å². The predicted octanol–water partition coefficient (Wildman–Crippen LogP) is 3.35. The number of benzene rings is 1. The lowest BCUT2D eigenvalue weighted by molar-refractivity contribution is -0.457. The fourth-order valence-electron chi connectivity index (χ4n) is 9.29. The van der Waals surface area contributed by atoms with E-state index in [1.165, 1.54) is 43.3 Å². The van der Waals surface area contributed by atoms with Gasteiger partial charge in [0.25, 0.3) is 0 Å². The molecule has 1 aromatic rings. The first-order valence-electron chi connectivity index (χ1n) is 13.9. The Morgan fingerprint density at radius 2 is 1.85 bits per heavy atom. The maximum atomic E-state index is 14.2. The van der Waals surface area contributed by atoms with Crippen LogP contribution in [0.25, 0.3) is 6.08 Å². The molecule has 1 unspecified atom stereocenters. The van der Waals surface area contributed by atoms with Crippen molar-refractivity contribution in [3.63, 3.8) is 0 Å². The summed E-state index contributed by atoms with van der Waals surface area (Å²) in [6, 6.07) is 5.56. The van der Waals surface area contributed by atoms with Crippen LogP contribution in [0.3, 0.4) is 0 Å². The van der Waals surface area contributed by atoms with Gasteiger partial charge in [0.2, 0.25) is 5.79 Å². The number of rotatable bonds is 4. The van der Waals surface area contributed by atoms with Crippen LogP contribution in [-0.4, -0.2) is 58.6 Å². The van der Waals surface area contributed by atoms with E-state index in [0.29, 0.717) is 31.2 Å². The molecule has 4 aliphatic carbocycles. The van der Waals surface area contributed by atoms with E-state index in [0.717, 1.165) is 0 Å². The fraction of sp³-hybridized carbons (Fsp3) is 0.581. The Labute approximate surface area is 232 Å². The third-order valence-corrected chi connectivity index (χ3v) is 10.7. The number of ether oxygens (including phenoxy) is 3. The van der Waals surface area contributed by atoms with E-state index in [4.69, 9.17) is 14.2 Å². The van der Waals surface area contributed by atoms with Gasteiger partial charge in [0.15, 0.2) is 5.78 Å². The average Bonchev–Trinajstić information content (AvgIpc) is 3.00. The first kappa shape index (κ1) is 27.3. The van der Waals surface area contributed by atoms with Crippen molar-refractivity contribution < 1.29 is 43.2 Å². The number of hydrogen-bond acceptors (Lipinski definition) is 8. The molecule has 2 heterocycles. The quantitative estimate of drug-likeness (QED) is 0.430. The summed E-state index contributed by atoms with van der Waals surface area (Å²) < 4.78 is 31.3. The van der Waals surface area contributed by atoms with E-state index < -0.39 is 81.6 Å². The maximum absolute atomic E-state index is 14.2. The van der Waals surface area contributed by atoms with Crippen LogP contribution in [0.2, 0.25) is 0 Å². The molecule has 2 saturated heterocycles. The van der Waals surface area contributed by atoms with E-state index in [-0.39, 0.29) is 12.2 Å². The Bertz CT molecular complexity index is 1320. The van der Waals surface area contributed by atoms with E-state index in [2.05, 4.69) is 6.58 Å². The highest BCUT2D eigenvalue weighted by Gasteiger charge is 2.88. The monoisotopic (exact) mass is 554 g/mol. The minimum atomic E-state index is -2.33. The third kappa shape index (κ3) is 3.31. The molecule has 7 rings (SSSR count). The smallest absolute Gasteiger partial charge is 0.331 e. The summed E-state index contributed by atoms with van der Waals surface area (Å²) in [6.45, 7) is 9.39. The molecule has 2 spiro atoms. The number of aliphatic hydroxyl groups excluding tert-OH is 1. The number of esters is 2. The Hall–Kier alpha value is -2.88. The number of halogens is 1. The van der Waals surface area contributed by atoms with E-state index in [1.807, 2.05) is 13.8 Å². The molecule has 0 aromatic heterocycles. The lowest BCUT2D eigenvalue weighted by atomic mass is 9.35. The number of Topliss-reactive ketones (excluding diaryl/α,β-unsaturated/α-hetero) is 1. The van der Waals surface area contributed by atoms with E-state index in [9.17, 15) is 29.0 Å². The Morgan fingerprint density at radius 3 is 2.52 bits per heavy atom. The number of ketones is 1. The van der Waals surface area contributed by atoms with E-state index >= 15 is 0 Å². The predicted molar refractivity (Wildman–Crippen MR) is 140 cm³/mol.